The number of guanidine groups is 1. The monoisotopic (exact) mass is 364 g/mol. The van der Waals surface area contributed by atoms with E-state index in [-0.39, 0.29) is 11.9 Å². The molecule has 6 heteroatoms. The Labute approximate surface area is 157 Å². The van der Waals surface area contributed by atoms with Gasteiger partial charge in [0.25, 0.3) is 0 Å². The van der Waals surface area contributed by atoms with Crippen molar-refractivity contribution in [3.8, 4) is 5.75 Å². The Balaban J connectivity index is 1.73. The van der Waals surface area contributed by atoms with Crippen molar-refractivity contribution < 1.29 is 9.13 Å². The van der Waals surface area contributed by atoms with Crippen molar-refractivity contribution in [2.45, 2.75) is 39.2 Å². The lowest BCUT2D eigenvalue weighted by Crippen LogP contribution is -2.44. The second-order valence-electron chi connectivity index (χ2n) is 6.89. The number of nitrogens with zero attached hydrogens (tertiary/aromatic N) is 2. The summed E-state index contributed by atoms with van der Waals surface area (Å²) < 4.78 is 19.2. The first-order valence-electron chi connectivity index (χ1n) is 9.73. The molecule has 26 heavy (non-hydrogen) atoms. The Bertz CT molecular complexity index is 566. The minimum absolute atomic E-state index is 0.0399. The first kappa shape index (κ1) is 20.5. The number of hydrogen-bond donors (Lipinski definition) is 2. The summed E-state index contributed by atoms with van der Waals surface area (Å²) in [5.74, 6) is 1.74. The van der Waals surface area contributed by atoms with Crippen LogP contribution in [0.4, 0.5) is 4.39 Å². The van der Waals surface area contributed by atoms with Gasteiger partial charge in [0.15, 0.2) is 5.96 Å². The van der Waals surface area contributed by atoms with E-state index in [2.05, 4.69) is 34.4 Å². The maximum Gasteiger partial charge on any atom is 0.191 e. The van der Waals surface area contributed by atoms with Crippen LogP contribution >= 0.6 is 0 Å². The molecule has 1 heterocycles. The van der Waals surface area contributed by atoms with Gasteiger partial charge in [-0.15, -0.1) is 0 Å². The number of ether oxygens (including phenoxy) is 1. The highest BCUT2D eigenvalue weighted by atomic mass is 19.1. The largest absolute Gasteiger partial charge is 0.489 e. The van der Waals surface area contributed by atoms with Crippen LogP contribution in [0.3, 0.4) is 0 Å². The van der Waals surface area contributed by atoms with Gasteiger partial charge >= 0.3 is 0 Å². The van der Waals surface area contributed by atoms with E-state index in [1.807, 2.05) is 0 Å². The molecule has 5 nitrogen and oxygen atoms in total. The normalized spacial score (nSPS) is 19.4. The molecule has 0 saturated carbocycles. The van der Waals surface area contributed by atoms with Crippen molar-refractivity contribution in [3.63, 3.8) is 0 Å². The molecule has 1 aliphatic rings. The van der Waals surface area contributed by atoms with E-state index in [1.165, 1.54) is 38.1 Å². The Kier molecular flexibility index (Phi) is 8.68. The average Bonchev–Trinajstić information content (AvgIpc) is 3.08. The van der Waals surface area contributed by atoms with Crippen molar-refractivity contribution in [3.05, 3.63) is 30.1 Å². The van der Waals surface area contributed by atoms with Gasteiger partial charge in [-0.25, -0.2) is 4.39 Å². The lowest BCUT2D eigenvalue weighted by molar-refractivity contribution is 0.198. The Morgan fingerprint density at radius 2 is 2.23 bits per heavy atom. The number of aliphatic imine (C=N–C) groups is 1. The minimum Gasteiger partial charge on any atom is -0.489 e. The molecule has 1 aromatic carbocycles. The van der Waals surface area contributed by atoms with E-state index in [4.69, 9.17) is 4.74 Å². The van der Waals surface area contributed by atoms with Crippen LogP contribution in [0.5, 0.6) is 5.75 Å². The molecular weight excluding hydrogens is 331 g/mol. The molecule has 1 fully saturated rings. The van der Waals surface area contributed by atoms with Gasteiger partial charge in [0, 0.05) is 26.2 Å². The van der Waals surface area contributed by atoms with Gasteiger partial charge in [-0.1, -0.05) is 19.9 Å². The summed E-state index contributed by atoms with van der Waals surface area (Å²) in [4.78, 5) is 6.83. The second kappa shape index (κ2) is 11.0. The molecule has 1 aromatic rings. The standard InChI is InChI=1S/C20H33FN4O/c1-4-10-25-11-9-16(15-25)13-23-20(22-3)24-14-18(5-2)26-19-8-6-7-17(21)12-19/h6-8,12,16,18H,4-5,9-11,13-15H2,1-3H3,(H2,22,23,24). The van der Waals surface area contributed by atoms with Gasteiger partial charge in [0.2, 0.25) is 0 Å². The van der Waals surface area contributed by atoms with E-state index in [1.54, 1.807) is 19.2 Å². The van der Waals surface area contributed by atoms with E-state index >= 15 is 0 Å². The number of benzene rings is 1. The zero-order valence-corrected chi connectivity index (χ0v) is 16.3. The van der Waals surface area contributed by atoms with Crippen molar-refractivity contribution in [2.75, 3.05) is 39.8 Å². The summed E-state index contributed by atoms with van der Waals surface area (Å²) in [5.41, 5.74) is 0. The maximum absolute atomic E-state index is 13.3. The van der Waals surface area contributed by atoms with E-state index in [0.29, 0.717) is 18.2 Å². The Hall–Kier alpha value is -1.82. The zero-order chi connectivity index (χ0) is 18.8. The number of hydrogen-bond acceptors (Lipinski definition) is 3. The van der Waals surface area contributed by atoms with E-state index in [9.17, 15) is 4.39 Å². The van der Waals surface area contributed by atoms with Crippen LogP contribution in [-0.2, 0) is 0 Å². The van der Waals surface area contributed by atoms with Crippen LogP contribution in [0.1, 0.15) is 33.1 Å². The van der Waals surface area contributed by atoms with E-state index < -0.39 is 0 Å². The second-order valence-corrected chi connectivity index (χ2v) is 6.89. The molecule has 146 valence electrons. The third-order valence-electron chi connectivity index (χ3n) is 4.74. The molecule has 2 unspecified atom stereocenters. The van der Waals surface area contributed by atoms with Gasteiger partial charge in [-0.05, 0) is 50.4 Å². The highest BCUT2D eigenvalue weighted by molar-refractivity contribution is 5.79. The number of halogens is 1. The molecule has 2 N–H and O–H groups in total. The van der Waals surface area contributed by atoms with Gasteiger partial charge in [-0.3, -0.25) is 4.99 Å². The first-order chi connectivity index (χ1) is 12.6. The Morgan fingerprint density at radius 1 is 1.38 bits per heavy atom. The summed E-state index contributed by atoms with van der Waals surface area (Å²) in [6.45, 7) is 9.40. The average molecular weight is 365 g/mol. The van der Waals surface area contributed by atoms with Gasteiger partial charge in [0.05, 0.1) is 6.54 Å². The SMILES string of the molecule is CCCN1CCC(CNC(=NC)NCC(CC)Oc2cccc(F)c2)C1. The highest BCUT2D eigenvalue weighted by Crippen LogP contribution is 2.16. The van der Waals surface area contributed by atoms with Gasteiger partial charge in [-0.2, -0.15) is 0 Å². The summed E-state index contributed by atoms with van der Waals surface area (Å²) in [6.07, 6.45) is 3.24. The smallest absolute Gasteiger partial charge is 0.191 e. The third kappa shape index (κ3) is 6.83. The lowest BCUT2D eigenvalue weighted by Gasteiger charge is -2.21. The quantitative estimate of drug-likeness (QED) is 0.523. The molecule has 1 saturated heterocycles. The van der Waals surface area contributed by atoms with Crippen molar-refractivity contribution >= 4 is 5.96 Å². The zero-order valence-electron chi connectivity index (χ0n) is 16.3. The Morgan fingerprint density at radius 3 is 2.92 bits per heavy atom. The molecule has 2 atom stereocenters. The van der Waals surface area contributed by atoms with Crippen LogP contribution in [0.2, 0.25) is 0 Å². The number of rotatable bonds is 9. The lowest BCUT2D eigenvalue weighted by atomic mass is 10.1. The van der Waals surface area contributed by atoms with Gasteiger partial charge < -0.3 is 20.3 Å². The molecule has 1 aliphatic heterocycles. The first-order valence-corrected chi connectivity index (χ1v) is 9.73. The molecule has 2 rings (SSSR count). The van der Waals surface area contributed by atoms with Gasteiger partial charge in [0.1, 0.15) is 17.7 Å². The van der Waals surface area contributed by atoms with Crippen molar-refractivity contribution in [1.82, 2.24) is 15.5 Å². The fraction of sp³-hybridized carbons (Fsp3) is 0.650. The fourth-order valence-electron chi connectivity index (χ4n) is 3.27. The molecule has 0 spiro atoms. The highest BCUT2D eigenvalue weighted by Gasteiger charge is 2.21. The third-order valence-corrected chi connectivity index (χ3v) is 4.74. The van der Waals surface area contributed by atoms with Crippen LogP contribution < -0.4 is 15.4 Å². The van der Waals surface area contributed by atoms with Crippen LogP contribution in [-0.4, -0.2) is 56.7 Å². The minimum atomic E-state index is -0.281. The summed E-state index contributed by atoms with van der Waals surface area (Å²) in [5, 5.41) is 6.75. The van der Waals surface area contributed by atoms with Crippen LogP contribution in [0, 0.1) is 11.7 Å². The van der Waals surface area contributed by atoms with Crippen molar-refractivity contribution in [1.29, 1.82) is 0 Å². The molecule has 0 aromatic heterocycles. The summed E-state index contributed by atoms with van der Waals surface area (Å²) >= 11 is 0. The predicted octanol–water partition coefficient (Wildman–Crippen LogP) is 2.88. The molecule has 0 aliphatic carbocycles. The van der Waals surface area contributed by atoms with E-state index in [0.717, 1.165) is 25.5 Å². The summed E-state index contributed by atoms with van der Waals surface area (Å²) in [6, 6.07) is 6.27. The maximum atomic E-state index is 13.3. The van der Waals surface area contributed by atoms with Crippen LogP contribution in [0.25, 0.3) is 0 Å². The topological polar surface area (TPSA) is 48.9 Å². The van der Waals surface area contributed by atoms with Crippen LogP contribution in [0.15, 0.2) is 29.3 Å². The molecular formula is C20H33FN4O. The van der Waals surface area contributed by atoms with Crippen molar-refractivity contribution in [2.24, 2.45) is 10.9 Å². The number of likely N-dealkylation sites (tertiary alicyclic amines) is 1. The molecule has 0 amide bonds. The summed E-state index contributed by atoms with van der Waals surface area (Å²) in [7, 11) is 1.78. The molecule has 0 radical (unpaired) electrons. The number of nitrogens with one attached hydrogen (secondary N) is 2. The molecule has 0 bridgehead atoms. The predicted molar refractivity (Wildman–Crippen MR) is 105 cm³/mol. The fourth-order valence-corrected chi connectivity index (χ4v) is 3.27.